The molecule has 3 heteroatoms. The lowest BCUT2D eigenvalue weighted by Gasteiger charge is -2.45. The van der Waals surface area contributed by atoms with Crippen LogP contribution in [0.5, 0.6) is 0 Å². The molecule has 1 aliphatic rings. The van der Waals surface area contributed by atoms with Crippen LogP contribution in [0.4, 0.5) is 0 Å². The van der Waals surface area contributed by atoms with Crippen LogP contribution in [0.3, 0.4) is 0 Å². The van der Waals surface area contributed by atoms with E-state index in [2.05, 4.69) is 33.0 Å². The first kappa shape index (κ1) is 16.3. The average molecular weight is 273 g/mol. The van der Waals surface area contributed by atoms with Crippen LogP contribution in [0.2, 0.25) is 0 Å². The van der Waals surface area contributed by atoms with Gasteiger partial charge in [0, 0.05) is 18.3 Å². The molecule has 1 atom stereocenters. The lowest BCUT2D eigenvalue weighted by molar-refractivity contribution is 0.0523. The van der Waals surface area contributed by atoms with E-state index in [0.29, 0.717) is 23.4 Å². The minimum atomic E-state index is -0.592. The van der Waals surface area contributed by atoms with Crippen LogP contribution < -0.4 is 5.32 Å². The number of hydrogen-bond acceptors (Lipinski definition) is 3. The van der Waals surface area contributed by atoms with Crippen LogP contribution >= 0.6 is 11.8 Å². The molecule has 0 radical (unpaired) electrons. The van der Waals surface area contributed by atoms with Gasteiger partial charge in [0.15, 0.2) is 0 Å². The molecule has 1 saturated carbocycles. The van der Waals surface area contributed by atoms with E-state index < -0.39 is 5.60 Å². The van der Waals surface area contributed by atoms with E-state index in [4.69, 9.17) is 0 Å². The van der Waals surface area contributed by atoms with Crippen molar-refractivity contribution in [2.75, 3.05) is 18.6 Å². The molecule has 1 aliphatic carbocycles. The van der Waals surface area contributed by atoms with Gasteiger partial charge in [-0.05, 0) is 43.3 Å². The molecule has 0 aromatic rings. The van der Waals surface area contributed by atoms with Gasteiger partial charge >= 0.3 is 0 Å². The fourth-order valence-electron chi connectivity index (χ4n) is 3.72. The highest BCUT2D eigenvalue weighted by atomic mass is 32.2. The molecule has 1 fully saturated rings. The Hall–Kier alpha value is 0.270. The Kier molecular flexibility index (Phi) is 5.19. The summed E-state index contributed by atoms with van der Waals surface area (Å²) >= 11 is 1.70. The Morgan fingerprint density at radius 3 is 2.17 bits per heavy atom. The predicted octanol–water partition coefficient (Wildman–Crippen LogP) is 3.29. The van der Waals surface area contributed by atoms with E-state index in [1.54, 1.807) is 11.8 Å². The topological polar surface area (TPSA) is 32.3 Å². The van der Waals surface area contributed by atoms with Crippen LogP contribution in [0.25, 0.3) is 0 Å². The Morgan fingerprint density at radius 2 is 1.72 bits per heavy atom. The van der Waals surface area contributed by atoms with Crippen LogP contribution in [-0.4, -0.2) is 35.3 Å². The second-order valence-corrected chi connectivity index (χ2v) is 8.79. The van der Waals surface area contributed by atoms with Crippen LogP contribution in [0.15, 0.2) is 0 Å². The van der Waals surface area contributed by atoms with Crippen LogP contribution in [-0.2, 0) is 0 Å². The van der Waals surface area contributed by atoms with Gasteiger partial charge < -0.3 is 10.4 Å². The Labute approximate surface area is 117 Å². The summed E-state index contributed by atoms with van der Waals surface area (Å²) in [6.07, 6.45) is 5.76. The average Bonchev–Trinajstić information content (AvgIpc) is 2.10. The number of hydrogen-bond donors (Lipinski definition) is 2. The van der Waals surface area contributed by atoms with Crippen LogP contribution in [0, 0.1) is 10.8 Å². The molecule has 0 aromatic carbocycles. The molecule has 0 saturated heterocycles. The first-order valence-electron chi connectivity index (χ1n) is 7.00. The molecule has 0 spiro atoms. The zero-order valence-electron chi connectivity index (χ0n) is 13.0. The number of thioether (sulfide) groups is 1. The maximum Gasteiger partial charge on any atom is 0.0833 e. The van der Waals surface area contributed by atoms with Crippen molar-refractivity contribution in [3.63, 3.8) is 0 Å². The van der Waals surface area contributed by atoms with Gasteiger partial charge in [0.25, 0.3) is 0 Å². The molecular weight excluding hydrogens is 242 g/mol. The molecule has 0 aromatic heterocycles. The molecule has 108 valence electrons. The Balaban J connectivity index is 2.52. The molecule has 0 aliphatic heterocycles. The summed E-state index contributed by atoms with van der Waals surface area (Å²) in [7, 11) is 0. The molecule has 1 unspecified atom stereocenters. The zero-order chi connectivity index (χ0) is 14.0. The van der Waals surface area contributed by atoms with Crippen molar-refractivity contribution in [3.05, 3.63) is 0 Å². The number of aliphatic hydroxyl groups is 1. The quantitative estimate of drug-likeness (QED) is 0.806. The standard InChI is InChI=1S/C15H31NOS/c1-13(2)7-12(8-14(3,4)9-13)16-10-15(5,17)11-18-6/h12,16-17H,7-11H2,1-6H3. The maximum absolute atomic E-state index is 10.2. The van der Waals surface area contributed by atoms with E-state index in [1.165, 1.54) is 19.3 Å². The molecular formula is C15H31NOS. The van der Waals surface area contributed by atoms with Crippen molar-refractivity contribution in [1.82, 2.24) is 5.32 Å². The predicted molar refractivity (Wildman–Crippen MR) is 82.2 cm³/mol. The third-order valence-electron chi connectivity index (χ3n) is 3.78. The number of rotatable bonds is 5. The van der Waals surface area contributed by atoms with E-state index >= 15 is 0 Å². The largest absolute Gasteiger partial charge is 0.388 e. The van der Waals surface area contributed by atoms with Crippen molar-refractivity contribution in [2.24, 2.45) is 10.8 Å². The molecule has 0 heterocycles. The lowest BCUT2D eigenvalue weighted by Crippen LogP contribution is -2.49. The van der Waals surface area contributed by atoms with Gasteiger partial charge in [0.2, 0.25) is 0 Å². The second-order valence-electron chi connectivity index (χ2n) is 7.92. The van der Waals surface area contributed by atoms with Crippen molar-refractivity contribution in [1.29, 1.82) is 0 Å². The van der Waals surface area contributed by atoms with E-state index in [0.717, 1.165) is 5.75 Å². The summed E-state index contributed by atoms with van der Waals surface area (Å²) < 4.78 is 0. The molecule has 0 bridgehead atoms. The second kappa shape index (κ2) is 5.72. The Bertz CT molecular complexity index is 258. The van der Waals surface area contributed by atoms with Gasteiger partial charge in [0.1, 0.15) is 0 Å². The highest BCUT2D eigenvalue weighted by Gasteiger charge is 2.38. The molecule has 2 nitrogen and oxygen atoms in total. The van der Waals surface area contributed by atoms with E-state index in [-0.39, 0.29) is 0 Å². The summed E-state index contributed by atoms with van der Waals surface area (Å²) in [6.45, 7) is 12.1. The number of nitrogens with one attached hydrogen (secondary N) is 1. The fourth-order valence-corrected chi connectivity index (χ4v) is 4.44. The van der Waals surface area contributed by atoms with E-state index in [1.807, 2.05) is 13.2 Å². The maximum atomic E-state index is 10.2. The van der Waals surface area contributed by atoms with Crippen molar-refractivity contribution in [3.8, 4) is 0 Å². The fraction of sp³-hybridized carbons (Fsp3) is 1.00. The minimum Gasteiger partial charge on any atom is -0.388 e. The van der Waals surface area contributed by atoms with Gasteiger partial charge in [-0.3, -0.25) is 0 Å². The monoisotopic (exact) mass is 273 g/mol. The van der Waals surface area contributed by atoms with Gasteiger partial charge in [-0.2, -0.15) is 11.8 Å². The molecule has 1 rings (SSSR count). The normalized spacial score (nSPS) is 26.8. The summed E-state index contributed by atoms with van der Waals surface area (Å²) in [5.41, 5.74) is 0.223. The first-order chi connectivity index (χ1) is 8.05. The van der Waals surface area contributed by atoms with Gasteiger partial charge in [-0.15, -0.1) is 0 Å². The Morgan fingerprint density at radius 1 is 1.22 bits per heavy atom. The highest BCUT2D eigenvalue weighted by Crippen LogP contribution is 2.45. The van der Waals surface area contributed by atoms with Gasteiger partial charge in [-0.25, -0.2) is 0 Å². The minimum absolute atomic E-state index is 0.408. The summed E-state index contributed by atoms with van der Waals surface area (Å²) in [5.74, 6) is 0.791. The van der Waals surface area contributed by atoms with Crippen LogP contribution in [0.1, 0.15) is 53.9 Å². The molecule has 0 amide bonds. The van der Waals surface area contributed by atoms with Crippen molar-refractivity contribution < 1.29 is 5.11 Å². The molecule has 18 heavy (non-hydrogen) atoms. The van der Waals surface area contributed by atoms with Gasteiger partial charge in [0.05, 0.1) is 5.60 Å². The summed E-state index contributed by atoms with van der Waals surface area (Å²) in [6, 6.07) is 0.539. The highest BCUT2D eigenvalue weighted by molar-refractivity contribution is 7.98. The lowest BCUT2D eigenvalue weighted by atomic mass is 9.63. The third-order valence-corrected chi connectivity index (χ3v) is 4.69. The summed E-state index contributed by atoms with van der Waals surface area (Å²) in [5, 5.41) is 13.8. The SMILES string of the molecule is CSCC(C)(O)CNC1CC(C)(C)CC(C)(C)C1. The van der Waals surface area contributed by atoms with E-state index in [9.17, 15) is 5.11 Å². The first-order valence-corrected chi connectivity index (χ1v) is 8.39. The molecule has 2 N–H and O–H groups in total. The smallest absolute Gasteiger partial charge is 0.0833 e. The van der Waals surface area contributed by atoms with Gasteiger partial charge in [-0.1, -0.05) is 27.7 Å². The van der Waals surface area contributed by atoms with Crippen molar-refractivity contribution >= 4 is 11.8 Å². The third kappa shape index (κ3) is 5.50. The zero-order valence-corrected chi connectivity index (χ0v) is 13.8. The van der Waals surface area contributed by atoms with Crippen molar-refractivity contribution in [2.45, 2.75) is 65.5 Å². The summed E-state index contributed by atoms with van der Waals surface area (Å²) in [4.78, 5) is 0.